The van der Waals surface area contributed by atoms with Crippen LogP contribution in [0.15, 0.2) is 14.1 Å². The Bertz CT molecular complexity index is 1100. The molecule has 160 valence electrons. The molecule has 0 unspecified atom stereocenters. The van der Waals surface area contributed by atoms with E-state index in [-0.39, 0.29) is 34.4 Å². The molecule has 0 radical (unpaired) electrons. The van der Waals surface area contributed by atoms with Crippen LogP contribution in [0.1, 0.15) is 17.1 Å². The molecule has 2 rings (SSSR count). The van der Waals surface area contributed by atoms with Gasteiger partial charge in [0.15, 0.2) is 0 Å². The van der Waals surface area contributed by atoms with Crippen LogP contribution in [-0.2, 0) is 14.8 Å². The average molecular weight is 433 g/mol. The van der Waals surface area contributed by atoms with Crippen molar-refractivity contribution in [2.45, 2.75) is 18.7 Å². The van der Waals surface area contributed by atoms with Gasteiger partial charge >= 0.3 is 17.7 Å². The van der Waals surface area contributed by atoms with E-state index in [1.54, 1.807) is 4.72 Å². The molecule has 0 aliphatic heterocycles. The predicted molar refractivity (Wildman–Crippen MR) is 94.7 cm³/mol. The van der Waals surface area contributed by atoms with Gasteiger partial charge in [-0.3, -0.25) is 5.41 Å². The highest BCUT2D eigenvalue weighted by molar-refractivity contribution is 7.90. The summed E-state index contributed by atoms with van der Waals surface area (Å²) < 4.78 is 42.9. The molecular weight excluding hydrogens is 414 g/mol. The van der Waals surface area contributed by atoms with E-state index in [1.807, 2.05) is 0 Å². The molecule has 0 atom stereocenters. The number of ether oxygens (including phenoxy) is 2. The molecule has 0 spiro atoms. The maximum atomic E-state index is 12.8. The molecule has 29 heavy (non-hydrogen) atoms. The molecule has 2 aromatic heterocycles. The highest BCUT2D eigenvalue weighted by Crippen LogP contribution is 2.27. The molecular formula is C14H19N5O9S. The molecule has 0 aliphatic carbocycles. The van der Waals surface area contributed by atoms with Crippen LogP contribution in [0.25, 0.3) is 0 Å². The second-order valence-corrected chi connectivity index (χ2v) is 7.01. The van der Waals surface area contributed by atoms with Crippen LogP contribution in [0.4, 0.5) is 4.79 Å². The molecule has 0 bridgehead atoms. The van der Waals surface area contributed by atoms with Gasteiger partial charge in [0, 0.05) is 0 Å². The van der Waals surface area contributed by atoms with Crippen molar-refractivity contribution in [2.75, 3.05) is 27.4 Å². The van der Waals surface area contributed by atoms with Crippen LogP contribution in [-0.4, -0.2) is 67.4 Å². The molecule has 3 N–H and O–H groups in total. The van der Waals surface area contributed by atoms with Gasteiger partial charge in [-0.2, -0.15) is 0 Å². The Morgan fingerprint density at radius 2 is 1.97 bits per heavy atom. The van der Waals surface area contributed by atoms with E-state index >= 15 is 0 Å². The Kier molecular flexibility index (Phi) is 6.33. The van der Waals surface area contributed by atoms with Crippen molar-refractivity contribution in [1.29, 1.82) is 5.41 Å². The highest BCUT2D eigenvalue weighted by atomic mass is 32.2. The van der Waals surface area contributed by atoms with Crippen molar-refractivity contribution in [3.63, 3.8) is 0 Å². The number of aliphatic hydroxyl groups excluding tert-OH is 1. The van der Waals surface area contributed by atoms with Crippen LogP contribution >= 0.6 is 0 Å². The fourth-order valence-electron chi connectivity index (χ4n) is 2.43. The first-order chi connectivity index (χ1) is 13.6. The summed E-state index contributed by atoms with van der Waals surface area (Å²) in [5.41, 5.74) is -1.35. The third-order valence-electron chi connectivity index (χ3n) is 3.53. The maximum Gasteiger partial charge on any atom is 0.391 e. The quantitative estimate of drug-likeness (QED) is 0.346. The smallest absolute Gasteiger partial charge is 0.391 e. The van der Waals surface area contributed by atoms with E-state index in [2.05, 4.69) is 5.10 Å². The Morgan fingerprint density at radius 1 is 1.31 bits per heavy atom. The minimum Gasteiger partial charge on any atom is -0.475 e. The lowest BCUT2D eigenvalue weighted by molar-refractivity contribution is 0.128. The topological polar surface area (TPSA) is 188 Å². The standard InChI is InChI=1S/C14H19N5O9S/c1-7-9(11(15)27-6-5-20)10(8(2)28-7)29(23,24)17-12(21)18-14(22)19(26-4)13(16-18)25-3/h15,20H,5-6H2,1-4H3,(H,17,21). The number of nitrogens with zero attached hydrogens (tertiary/aromatic N) is 3. The lowest BCUT2D eigenvalue weighted by Crippen LogP contribution is -2.41. The van der Waals surface area contributed by atoms with Crippen molar-refractivity contribution in [3.8, 4) is 6.01 Å². The van der Waals surface area contributed by atoms with Crippen LogP contribution in [0.2, 0.25) is 0 Å². The number of furan rings is 1. The van der Waals surface area contributed by atoms with Crippen molar-refractivity contribution >= 4 is 22.0 Å². The van der Waals surface area contributed by atoms with E-state index in [9.17, 15) is 18.0 Å². The molecule has 0 fully saturated rings. The third-order valence-corrected chi connectivity index (χ3v) is 5.00. The minimum absolute atomic E-state index is 0.0424. The maximum absolute atomic E-state index is 12.8. The number of aromatic nitrogens is 3. The van der Waals surface area contributed by atoms with Gasteiger partial charge in [-0.15, -0.1) is 9.78 Å². The van der Waals surface area contributed by atoms with Crippen LogP contribution < -0.4 is 20.0 Å². The molecule has 2 aromatic rings. The van der Waals surface area contributed by atoms with E-state index in [0.717, 1.165) is 14.2 Å². The van der Waals surface area contributed by atoms with Gasteiger partial charge in [0.25, 0.3) is 10.0 Å². The molecule has 1 amide bonds. The van der Waals surface area contributed by atoms with Gasteiger partial charge in [0.2, 0.25) is 5.90 Å². The summed E-state index contributed by atoms with van der Waals surface area (Å²) in [5.74, 6) is -0.660. The lowest BCUT2D eigenvalue weighted by atomic mass is 10.2. The molecule has 0 aliphatic rings. The fraction of sp³-hybridized carbons (Fsp3) is 0.429. The lowest BCUT2D eigenvalue weighted by Gasteiger charge is -2.09. The summed E-state index contributed by atoms with van der Waals surface area (Å²) in [7, 11) is -2.34. The van der Waals surface area contributed by atoms with Crippen molar-refractivity contribution < 1.29 is 37.0 Å². The fourth-order valence-corrected chi connectivity index (χ4v) is 3.77. The number of nitrogens with one attached hydrogen (secondary N) is 2. The zero-order valence-electron chi connectivity index (χ0n) is 15.9. The minimum atomic E-state index is -4.62. The molecule has 15 heteroatoms. The Balaban J connectivity index is 2.45. The van der Waals surface area contributed by atoms with Crippen LogP contribution in [0.3, 0.4) is 0 Å². The number of rotatable bonds is 7. The number of aliphatic hydroxyl groups is 1. The van der Waals surface area contributed by atoms with Gasteiger partial charge in [0.1, 0.15) is 30.1 Å². The third kappa shape index (κ3) is 4.09. The number of carbonyl (C=O) groups is 1. The van der Waals surface area contributed by atoms with E-state index in [4.69, 9.17) is 29.2 Å². The first-order valence-electron chi connectivity index (χ1n) is 7.89. The van der Waals surface area contributed by atoms with E-state index in [0.29, 0.717) is 4.73 Å². The second kappa shape index (κ2) is 8.36. The van der Waals surface area contributed by atoms with Gasteiger partial charge in [-0.25, -0.2) is 22.7 Å². The molecule has 0 aromatic carbocycles. The van der Waals surface area contributed by atoms with E-state index in [1.165, 1.54) is 13.8 Å². The molecule has 0 saturated carbocycles. The predicted octanol–water partition coefficient (Wildman–Crippen LogP) is -1.40. The highest BCUT2D eigenvalue weighted by Gasteiger charge is 2.33. The zero-order valence-corrected chi connectivity index (χ0v) is 16.7. The summed E-state index contributed by atoms with van der Waals surface area (Å²) in [6.45, 7) is 2.06. The number of aryl methyl sites for hydroxylation is 2. The molecule has 14 nitrogen and oxygen atoms in total. The van der Waals surface area contributed by atoms with E-state index < -0.39 is 39.1 Å². The van der Waals surface area contributed by atoms with Gasteiger partial charge < -0.3 is 23.8 Å². The normalized spacial score (nSPS) is 11.2. The monoisotopic (exact) mass is 433 g/mol. The Labute approximate surface area is 164 Å². The largest absolute Gasteiger partial charge is 0.475 e. The summed E-state index contributed by atoms with van der Waals surface area (Å²) in [5, 5.41) is 20.2. The van der Waals surface area contributed by atoms with Crippen molar-refractivity contribution in [3.05, 3.63) is 27.6 Å². The van der Waals surface area contributed by atoms with Gasteiger partial charge in [-0.05, 0) is 13.8 Å². The Morgan fingerprint density at radius 3 is 2.48 bits per heavy atom. The number of methoxy groups -OCH3 is 1. The number of amides is 1. The Hall–Kier alpha value is -3.33. The summed E-state index contributed by atoms with van der Waals surface area (Å²) in [4.78, 5) is 28.7. The van der Waals surface area contributed by atoms with Gasteiger partial charge in [0.05, 0.1) is 19.3 Å². The average Bonchev–Trinajstić information content (AvgIpc) is 3.14. The first kappa shape index (κ1) is 22.0. The number of hydrogen-bond donors (Lipinski definition) is 3. The molecule has 2 heterocycles. The summed E-state index contributed by atoms with van der Waals surface area (Å²) in [6.07, 6.45) is 0. The van der Waals surface area contributed by atoms with Gasteiger partial charge in [-0.1, -0.05) is 4.73 Å². The SMILES string of the molecule is COc1nn(C(=O)NS(=O)(=O)c2c(C)oc(C)c2C(=N)OCCO)c(=O)n1OC. The summed E-state index contributed by atoms with van der Waals surface area (Å²) >= 11 is 0. The summed E-state index contributed by atoms with van der Waals surface area (Å²) in [6, 6.07) is -1.81. The first-order valence-corrected chi connectivity index (χ1v) is 9.37. The van der Waals surface area contributed by atoms with Crippen LogP contribution in [0, 0.1) is 19.3 Å². The van der Waals surface area contributed by atoms with Crippen LogP contribution in [0.5, 0.6) is 6.01 Å². The van der Waals surface area contributed by atoms with Crippen molar-refractivity contribution in [2.24, 2.45) is 0 Å². The number of carbonyl (C=O) groups excluding carboxylic acids is 1. The molecule has 0 saturated heterocycles. The number of hydrogen-bond acceptors (Lipinski definition) is 11. The zero-order chi connectivity index (χ0) is 21.9. The van der Waals surface area contributed by atoms with Crippen molar-refractivity contribution in [1.82, 2.24) is 19.2 Å². The number of sulfonamides is 1. The second-order valence-electron chi connectivity index (χ2n) is 5.39.